The number of carbonyl (C=O) groups is 1. The standard InChI is InChI=1S/C16H24N2O2/c1-16(2,3)18-10-12(9-14(18)19)15(17)11-5-7-13(20-4)8-6-11/h5-8,12,15H,9-10,17H2,1-4H3. The third-order valence-electron chi connectivity index (χ3n) is 3.97. The summed E-state index contributed by atoms with van der Waals surface area (Å²) in [5.41, 5.74) is 7.26. The van der Waals surface area contributed by atoms with Crippen molar-refractivity contribution in [3.63, 3.8) is 0 Å². The Morgan fingerprint density at radius 1 is 1.30 bits per heavy atom. The number of hydrogen-bond donors (Lipinski definition) is 1. The second kappa shape index (κ2) is 5.44. The lowest BCUT2D eigenvalue weighted by atomic mass is 9.93. The third kappa shape index (κ3) is 2.96. The van der Waals surface area contributed by atoms with E-state index in [-0.39, 0.29) is 23.4 Å². The van der Waals surface area contributed by atoms with Crippen molar-refractivity contribution in [1.29, 1.82) is 0 Å². The van der Waals surface area contributed by atoms with Crippen molar-refractivity contribution in [2.75, 3.05) is 13.7 Å². The molecule has 2 rings (SSSR count). The first kappa shape index (κ1) is 14.9. The monoisotopic (exact) mass is 276 g/mol. The lowest BCUT2D eigenvalue weighted by molar-refractivity contribution is -0.131. The minimum atomic E-state index is -0.133. The van der Waals surface area contributed by atoms with Crippen LogP contribution in [0.5, 0.6) is 5.75 Å². The molecule has 0 spiro atoms. The van der Waals surface area contributed by atoms with Gasteiger partial charge in [0.15, 0.2) is 0 Å². The van der Waals surface area contributed by atoms with Crippen LogP contribution in [0, 0.1) is 5.92 Å². The van der Waals surface area contributed by atoms with E-state index in [1.54, 1.807) is 7.11 Å². The van der Waals surface area contributed by atoms with Crippen LogP contribution in [0.2, 0.25) is 0 Å². The van der Waals surface area contributed by atoms with Gasteiger partial charge in [-0.15, -0.1) is 0 Å². The molecule has 0 radical (unpaired) electrons. The van der Waals surface area contributed by atoms with Crippen LogP contribution in [0.15, 0.2) is 24.3 Å². The Morgan fingerprint density at radius 2 is 1.90 bits per heavy atom. The summed E-state index contributed by atoms with van der Waals surface area (Å²) < 4.78 is 5.15. The molecule has 1 saturated heterocycles. The number of ether oxygens (including phenoxy) is 1. The zero-order valence-electron chi connectivity index (χ0n) is 12.7. The van der Waals surface area contributed by atoms with Crippen LogP contribution >= 0.6 is 0 Å². The molecule has 2 N–H and O–H groups in total. The molecular weight excluding hydrogens is 252 g/mol. The maximum atomic E-state index is 12.1. The number of amides is 1. The quantitative estimate of drug-likeness (QED) is 0.922. The Morgan fingerprint density at radius 3 is 2.35 bits per heavy atom. The van der Waals surface area contributed by atoms with Gasteiger partial charge >= 0.3 is 0 Å². The average molecular weight is 276 g/mol. The van der Waals surface area contributed by atoms with Crippen LogP contribution in [0.1, 0.15) is 38.8 Å². The summed E-state index contributed by atoms with van der Waals surface area (Å²) in [4.78, 5) is 14.0. The van der Waals surface area contributed by atoms with Gasteiger partial charge in [-0.2, -0.15) is 0 Å². The molecule has 110 valence electrons. The van der Waals surface area contributed by atoms with Crippen LogP contribution in [0.3, 0.4) is 0 Å². The fourth-order valence-electron chi connectivity index (χ4n) is 2.72. The number of nitrogens with two attached hydrogens (primary N) is 1. The average Bonchev–Trinajstić information content (AvgIpc) is 2.80. The molecule has 1 fully saturated rings. The Bertz CT molecular complexity index is 476. The van der Waals surface area contributed by atoms with Crippen LogP contribution < -0.4 is 10.5 Å². The van der Waals surface area contributed by atoms with E-state index in [0.717, 1.165) is 17.9 Å². The Labute approximate surface area is 120 Å². The van der Waals surface area contributed by atoms with Gasteiger partial charge in [-0.25, -0.2) is 0 Å². The Balaban J connectivity index is 2.10. The molecule has 0 saturated carbocycles. The number of rotatable bonds is 3. The van der Waals surface area contributed by atoms with E-state index in [2.05, 4.69) is 20.8 Å². The lowest BCUT2D eigenvalue weighted by Gasteiger charge is -2.32. The van der Waals surface area contributed by atoms with Crippen molar-refractivity contribution >= 4 is 5.91 Å². The number of hydrogen-bond acceptors (Lipinski definition) is 3. The van der Waals surface area contributed by atoms with Gasteiger partial charge in [0, 0.05) is 30.5 Å². The maximum absolute atomic E-state index is 12.1. The normalized spacial score (nSPS) is 21.1. The fourth-order valence-corrected chi connectivity index (χ4v) is 2.72. The first-order valence-electron chi connectivity index (χ1n) is 7.03. The van der Waals surface area contributed by atoms with Gasteiger partial charge in [0.25, 0.3) is 0 Å². The minimum absolute atomic E-state index is 0.114. The molecule has 1 aliphatic heterocycles. The number of likely N-dealkylation sites (tertiary alicyclic amines) is 1. The van der Waals surface area contributed by atoms with Crippen molar-refractivity contribution in [2.45, 2.75) is 38.8 Å². The largest absolute Gasteiger partial charge is 0.497 e. The van der Waals surface area contributed by atoms with Crippen LogP contribution in [-0.2, 0) is 4.79 Å². The molecule has 1 aromatic carbocycles. The number of methoxy groups -OCH3 is 1. The smallest absolute Gasteiger partial charge is 0.223 e. The predicted octanol–water partition coefficient (Wildman–Crippen LogP) is 2.34. The highest BCUT2D eigenvalue weighted by molar-refractivity contribution is 5.79. The first-order chi connectivity index (χ1) is 9.32. The van der Waals surface area contributed by atoms with Crippen molar-refractivity contribution in [2.24, 2.45) is 11.7 Å². The second-order valence-corrected chi connectivity index (χ2v) is 6.44. The highest BCUT2D eigenvalue weighted by atomic mass is 16.5. The van der Waals surface area contributed by atoms with Crippen LogP contribution in [0.4, 0.5) is 0 Å². The van der Waals surface area contributed by atoms with Gasteiger partial charge in [0.1, 0.15) is 5.75 Å². The molecule has 2 atom stereocenters. The van der Waals surface area contributed by atoms with E-state index >= 15 is 0 Å². The van der Waals surface area contributed by atoms with Crippen molar-refractivity contribution in [1.82, 2.24) is 4.90 Å². The SMILES string of the molecule is COc1ccc(C(N)C2CC(=O)N(C(C)(C)C)C2)cc1. The number of nitrogens with zero attached hydrogens (tertiary/aromatic N) is 1. The summed E-state index contributed by atoms with van der Waals surface area (Å²) >= 11 is 0. The molecule has 2 unspecified atom stereocenters. The van der Waals surface area contributed by atoms with Gasteiger partial charge in [-0.05, 0) is 38.5 Å². The topological polar surface area (TPSA) is 55.6 Å². The van der Waals surface area contributed by atoms with Gasteiger partial charge < -0.3 is 15.4 Å². The summed E-state index contributed by atoms with van der Waals surface area (Å²) in [6, 6.07) is 7.67. The van der Waals surface area contributed by atoms with Crippen LogP contribution in [0.25, 0.3) is 0 Å². The van der Waals surface area contributed by atoms with Gasteiger partial charge in [-0.1, -0.05) is 12.1 Å². The first-order valence-corrected chi connectivity index (χ1v) is 7.03. The summed E-state index contributed by atoms with van der Waals surface area (Å²) in [6.07, 6.45) is 0.532. The highest BCUT2D eigenvalue weighted by Gasteiger charge is 2.38. The molecule has 1 amide bonds. The lowest BCUT2D eigenvalue weighted by Crippen LogP contribution is -2.42. The van der Waals surface area contributed by atoms with E-state index in [0.29, 0.717) is 6.42 Å². The van der Waals surface area contributed by atoms with E-state index in [1.165, 1.54) is 0 Å². The highest BCUT2D eigenvalue weighted by Crippen LogP contribution is 2.33. The molecule has 20 heavy (non-hydrogen) atoms. The van der Waals surface area contributed by atoms with Crippen molar-refractivity contribution in [3.8, 4) is 5.75 Å². The van der Waals surface area contributed by atoms with Crippen LogP contribution in [-0.4, -0.2) is 30.0 Å². The molecule has 0 aliphatic carbocycles. The molecular formula is C16H24N2O2. The second-order valence-electron chi connectivity index (χ2n) is 6.44. The summed E-state index contributed by atoms with van der Waals surface area (Å²) in [6.45, 7) is 6.92. The third-order valence-corrected chi connectivity index (χ3v) is 3.97. The fraction of sp³-hybridized carbons (Fsp3) is 0.562. The molecule has 0 bridgehead atoms. The van der Waals surface area contributed by atoms with E-state index in [4.69, 9.17) is 10.5 Å². The van der Waals surface area contributed by atoms with Gasteiger partial charge in [-0.3, -0.25) is 4.79 Å². The zero-order valence-corrected chi connectivity index (χ0v) is 12.7. The van der Waals surface area contributed by atoms with Gasteiger partial charge in [0.2, 0.25) is 5.91 Å². The molecule has 0 aromatic heterocycles. The Hall–Kier alpha value is -1.55. The predicted molar refractivity (Wildman–Crippen MR) is 79.5 cm³/mol. The number of carbonyl (C=O) groups excluding carboxylic acids is 1. The summed E-state index contributed by atoms with van der Waals surface area (Å²) in [5, 5.41) is 0. The zero-order chi connectivity index (χ0) is 14.9. The van der Waals surface area contributed by atoms with E-state index in [1.807, 2.05) is 29.2 Å². The molecule has 1 aliphatic rings. The summed E-state index contributed by atoms with van der Waals surface area (Å²) in [5.74, 6) is 1.20. The van der Waals surface area contributed by atoms with Crippen molar-refractivity contribution in [3.05, 3.63) is 29.8 Å². The molecule has 4 nitrogen and oxygen atoms in total. The van der Waals surface area contributed by atoms with Gasteiger partial charge in [0.05, 0.1) is 7.11 Å². The molecule has 1 aromatic rings. The number of benzene rings is 1. The molecule has 1 heterocycles. The molecule has 4 heteroatoms. The van der Waals surface area contributed by atoms with E-state index < -0.39 is 0 Å². The Kier molecular flexibility index (Phi) is 4.04. The van der Waals surface area contributed by atoms with Crippen molar-refractivity contribution < 1.29 is 9.53 Å². The minimum Gasteiger partial charge on any atom is -0.497 e. The summed E-state index contributed by atoms with van der Waals surface area (Å²) in [7, 11) is 1.64. The maximum Gasteiger partial charge on any atom is 0.223 e. The van der Waals surface area contributed by atoms with E-state index in [9.17, 15) is 4.79 Å².